The summed E-state index contributed by atoms with van der Waals surface area (Å²) in [6.07, 6.45) is 0. The highest BCUT2D eigenvalue weighted by molar-refractivity contribution is 7.89. The van der Waals surface area contributed by atoms with E-state index in [0.717, 1.165) is 0 Å². The molecule has 7 heteroatoms. The molecule has 0 atom stereocenters. The van der Waals surface area contributed by atoms with E-state index >= 15 is 0 Å². The molecule has 1 rings (SSSR count). The molecule has 0 spiro atoms. The molecule has 0 unspecified atom stereocenters. The number of nitrogens with zero attached hydrogens (tertiary/aromatic N) is 1. The molecule has 0 aliphatic heterocycles. The molecule has 21 heavy (non-hydrogen) atoms. The Morgan fingerprint density at radius 3 is 2.29 bits per heavy atom. The van der Waals surface area contributed by atoms with Crippen LogP contribution in [0.4, 0.5) is 0 Å². The SMILES string of the molecule is CNCc1cc(Cl)cc(S(=O)(=O)N(C)CC(C)(C)C)c1Cl. The number of hydrogen-bond donors (Lipinski definition) is 1. The lowest BCUT2D eigenvalue weighted by Gasteiger charge is -2.26. The highest BCUT2D eigenvalue weighted by atomic mass is 35.5. The van der Waals surface area contributed by atoms with Gasteiger partial charge in [-0.2, -0.15) is 0 Å². The Morgan fingerprint density at radius 1 is 1.24 bits per heavy atom. The molecule has 1 N–H and O–H groups in total. The Labute approximate surface area is 137 Å². The van der Waals surface area contributed by atoms with Gasteiger partial charge in [0.2, 0.25) is 10.0 Å². The van der Waals surface area contributed by atoms with Gasteiger partial charge in [0.25, 0.3) is 0 Å². The molecule has 0 aliphatic carbocycles. The largest absolute Gasteiger partial charge is 0.316 e. The number of rotatable bonds is 5. The lowest BCUT2D eigenvalue weighted by molar-refractivity contribution is 0.311. The summed E-state index contributed by atoms with van der Waals surface area (Å²) in [4.78, 5) is 0.0497. The van der Waals surface area contributed by atoms with E-state index in [4.69, 9.17) is 23.2 Å². The summed E-state index contributed by atoms with van der Waals surface area (Å²) in [5.74, 6) is 0. The van der Waals surface area contributed by atoms with Gasteiger partial charge in [-0.25, -0.2) is 12.7 Å². The number of nitrogens with one attached hydrogen (secondary N) is 1. The van der Waals surface area contributed by atoms with Crippen molar-refractivity contribution >= 4 is 33.2 Å². The Hall–Kier alpha value is -0.330. The zero-order chi connectivity index (χ0) is 16.4. The summed E-state index contributed by atoms with van der Waals surface area (Å²) in [6.45, 7) is 6.77. The maximum absolute atomic E-state index is 12.7. The molecule has 0 aliphatic rings. The fourth-order valence-electron chi connectivity index (χ4n) is 2.05. The number of sulfonamides is 1. The predicted octanol–water partition coefficient (Wildman–Crippen LogP) is 3.38. The van der Waals surface area contributed by atoms with Gasteiger partial charge in [-0.05, 0) is 30.2 Å². The van der Waals surface area contributed by atoms with E-state index in [1.807, 2.05) is 20.8 Å². The van der Waals surface area contributed by atoms with Crippen molar-refractivity contribution in [2.75, 3.05) is 20.6 Å². The summed E-state index contributed by atoms with van der Waals surface area (Å²) >= 11 is 12.3. The van der Waals surface area contributed by atoms with Gasteiger partial charge in [-0.3, -0.25) is 0 Å². The minimum absolute atomic E-state index is 0.0497. The van der Waals surface area contributed by atoms with Gasteiger partial charge in [0.05, 0.1) is 5.02 Å². The highest BCUT2D eigenvalue weighted by Crippen LogP contribution is 2.32. The number of benzene rings is 1. The van der Waals surface area contributed by atoms with Crippen molar-refractivity contribution in [2.24, 2.45) is 5.41 Å². The summed E-state index contributed by atoms with van der Waals surface area (Å²) < 4.78 is 26.7. The first-order valence-electron chi connectivity index (χ1n) is 6.58. The van der Waals surface area contributed by atoms with Gasteiger partial charge < -0.3 is 5.32 Å². The maximum atomic E-state index is 12.7. The van der Waals surface area contributed by atoms with Crippen LogP contribution in [0.25, 0.3) is 0 Å². The van der Waals surface area contributed by atoms with Crippen LogP contribution in [0.3, 0.4) is 0 Å². The van der Waals surface area contributed by atoms with Crippen LogP contribution in [0.2, 0.25) is 10.0 Å². The molecule has 1 aromatic rings. The average molecular weight is 353 g/mol. The van der Waals surface area contributed by atoms with Crippen LogP contribution in [0.5, 0.6) is 0 Å². The molecule has 0 saturated heterocycles. The summed E-state index contributed by atoms with van der Waals surface area (Å²) in [6, 6.07) is 3.07. The lowest BCUT2D eigenvalue weighted by atomic mass is 9.97. The molecule has 120 valence electrons. The molecule has 0 fully saturated rings. The minimum Gasteiger partial charge on any atom is -0.316 e. The number of hydrogen-bond acceptors (Lipinski definition) is 3. The van der Waals surface area contributed by atoms with Crippen LogP contribution in [0, 0.1) is 5.41 Å². The molecule has 0 radical (unpaired) electrons. The van der Waals surface area contributed by atoms with Crippen molar-refractivity contribution in [2.45, 2.75) is 32.2 Å². The second kappa shape index (κ2) is 6.84. The summed E-state index contributed by atoms with van der Waals surface area (Å²) in [5, 5.41) is 3.52. The standard InChI is InChI=1S/C14H22Cl2N2O2S/c1-14(2,3)9-18(5)21(19,20)12-7-11(15)6-10(8-17-4)13(12)16/h6-7,17H,8-9H2,1-5H3. The fraction of sp³-hybridized carbons (Fsp3) is 0.571. The van der Waals surface area contributed by atoms with Crippen LogP contribution in [0.1, 0.15) is 26.3 Å². The number of halogens is 2. The molecule has 0 aromatic heterocycles. The van der Waals surface area contributed by atoms with E-state index in [1.54, 1.807) is 20.2 Å². The van der Waals surface area contributed by atoms with Crippen molar-refractivity contribution < 1.29 is 8.42 Å². The van der Waals surface area contributed by atoms with Crippen molar-refractivity contribution in [1.82, 2.24) is 9.62 Å². The van der Waals surface area contributed by atoms with Crippen LogP contribution in [-0.4, -0.2) is 33.4 Å². The zero-order valence-electron chi connectivity index (χ0n) is 13.0. The van der Waals surface area contributed by atoms with E-state index in [0.29, 0.717) is 23.7 Å². The Kier molecular flexibility index (Phi) is 6.09. The van der Waals surface area contributed by atoms with Crippen LogP contribution in [0.15, 0.2) is 17.0 Å². The minimum atomic E-state index is -3.68. The van der Waals surface area contributed by atoms with Gasteiger partial charge in [0, 0.05) is 25.2 Å². The van der Waals surface area contributed by atoms with Gasteiger partial charge in [0.15, 0.2) is 0 Å². The fourth-order valence-corrected chi connectivity index (χ4v) is 4.35. The van der Waals surface area contributed by atoms with Gasteiger partial charge in [-0.1, -0.05) is 44.0 Å². The third-order valence-electron chi connectivity index (χ3n) is 2.83. The first-order chi connectivity index (χ1) is 9.49. The Bertz CT molecular complexity index is 610. The molecule has 0 heterocycles. The second-order valence-corrected chi connectivity index (χ2v) is 9.06. The van der Waals surface area contributed by atoms with Crippen LogP contribution >= 0.6 is 23.2 Å². The van der Waals surface area contributed by atoms with E-state index in [-0.39, 0.29) is 15.3 Å². The monoisotopic (exact) mass is 352 g/mol. The smallest absolute Gasteiger partial charge is 0.244 e. The van der Waals surface area contributed by atoms with E-state index in [1.165, 1.54) is 10.4 Å². The normalized spacial score (nSPS) is 13.0. The third kappa shape index (κ3) is 4.83. The van der Waals surface area contributed by atoms with Crippen molar-refractivity contribution in [3.63, 3.8) is 0 Å². The van der Waals surface area contributed by atoms with E-state index < -0.39 is 10.0 Å². The van der Waals surface area contributed by atoms with Crippen molar-refractivity contribution in [1.29, 1.82) is 0 Å². The molecular formula is C14H22Cl2N2O2S. The van der Waals surface area contributed by atoms with Gasteiger partial charge in [0.1, 0.15) is 4.90 Å². The first-order valence-corrected chi connectivity index (χ1v) is 8.77. The lowest BCUT2D eigenvalue weighted by Crippen LogP contribution is -2.34. The second-order valence-electron chi connectivity index (χ2n) is 6.23. The quantitative estimate of drug-likeness (QED) is 0.883. The molecule has 0 bridgehead atoms. The van der Waals surface area contributed by atoms with Crippen LogP contribution < -0.4 is 5.32 Å². The summed E-state index contributed by atoms with van der Waals surface area (Å²) in [7, 11) is -0.365. The Balaban J connectivity index is 3.31. The third-order valence-corrected chi connectivity index (χ3v) is 5.44. The van der Waals surface area contributed by atoms with E-state index in [9.17, 15) is 8.42 Å². The predicted molar refractivity (Wildman–Crippen MR) is 88.5 cm³/mol. The van der Waals surface area contributed by atoms with Crippen molar-refractivity contribution in [3.05, 3.63) is 27.7 Å². The van der Waals surface area contributed by atoms with Crippen LogP contribution in [-0.2, 0) is 16.6 Å². The molecule has 4 nitrogen and oxygen atoms in total. The molecular weight excluding hydrogens is 331 g/mol. The molecule has 1 aromatic carbocycles. The van der Waals surface area contributed by atoms with E-state index in [2.05, 4.69) is 5.32 Å². The summed E-state index contributed by atoms with van der Waals surface area (Å²) in [5.41, 5.74) is 0.509. The first kappa shape index (κ1) is 18.7. The maximum Gasteiger partial charge on any atom is 0.244 e. The highest BCUT2D eigenvalue weighted by Gasteiger charge is 2.28. The molecule has 0 amide bonds. The topological polar surface area (TPSA) is 49.4 Å². The Morgan fingerprint density at radius 2 is 1.81 bits per heavy atom. The average Bonchev–Trinajstić information content (AvgIpc) is 2.31. The zero-order valence-corrected chi connectivity index (χ0v) is 15.3. The molecule has 0 saturated carbocycles. The van der Waals surface area contributed by atoms with Crippen molar-refractivity contribution in [3.8, 4) is 0 Å². The van der Waals surface area contributed by atoms with Gasteiger partial charge >= 0.3 is 0 Å². The van der Waals surface area contributed by atoms with Gasteiger partial charge in [-0.15, -0.1) is 0 Å².